The molecule has 0 N–H and O–H groups in total. The fraction of sp³-hybridized carbons (Fsp3) is 0.979. The predicted molar refractivity (Wildman–Crippen MR) is 232 cm³/mol. The zero-order valence-corrected chi connectivity index (χ0v) is 36.4. The molecule has 0 aliphatic heterocycles. The van der Waals surface area contributed by atoms with Crippen LogP contribution in [-0.4, -0.2) is 38.7 Å². The van der Waals surface area contributed by atoms with E-state index in [1.54, 1.807) is 7.11 Å². The number of ether oxygens (including phenoxy) is 2. The Kier molecular flexibility index (Phi) is 46.0. The minimum absolute atomic E-state index is 0.270. The highest BCUT2D eigenvalue weighted by Crippen LogP contribution is 2.19. The van der Waals surface area contributed by atoms with Crippen molar-refractivity contribution in [2.24, 2.45) is 5.16 Å². The Morgan fingerprint density at radius 3 is 0.962 bits per heavy atom. The van der Waals surface area contributed by atoms with E-state index in [0.29, 0.717) is 19.8 Å². The standard InChI is InChI=1S/C48H97NO3/c1-5-7-9-11-13-15-17-19-21-23-25-27-29-31-33-35-37-39-41-48(52-49-47(3)43-44-51-46-45-50-4)42-40-38-36-34-32-30-28-26-24-22-20-18-16-14-12-10-8-6-2/h48H,5-46H2,1-4H3/b49-47-. The second-order valence-corrected chi connectivity index (χ2v) is 16.5. The molecule has 0 amide bonds. The minimum Gasteiger partial charge on any atom is -0.393 e. The molecular formula is C48H97NO3. The van der Waals surface area contributed by atoms with Gasteiger partial charge in [0.15, 0.2) is 0 Å². The van der Waals surface area contributed by atoms with E-state index in [2.05, 4.69) is 25.9 Å². The van der Waals surface area contributed by atoms with E-state index in [4.69, 9.17) is 14.3 Å². The van der Waals surface area contributed by atoms with E-state index < -0.39 is 0 Å². The predicted octanol–water partition coefficient (Wildman–Crippen LogP) is 16.7. The first kappa shape index (κ1) is 51.4. The van der Waals surface area contributed by atoms with Crippen LogP contribution in [0.5, 0.6) is 0 Å². The lowest BCUT2D eigenvalue weighted by Gasteiger charge is -2.16. The Morgan fingerprint density at radius 1 is 0.385 bits per heavy atom. The molecule has 0 aromatic carbocycles. The van der Waals surface area contributed by atoms with E-state index in [9.17, 15) is 0 Å². The third-order valence-electron chi connectivity index (χ3n) is 11.2. The van der Waals surface area contributed by atoms with Crippen LogP contribution in [0, 0.1) is 0 Å². The molecule has 0 bridgehead atoms. The van der Waals surface area contributed by atoms with Gasteiger partial charge in [0.1, 0.15) is 6.10 Å². The summed E-state index contributed by atoms with van der Waals surface area (Å²) in [5.41, 5.74) is 1.04. The zero-order chi connectivity index (χ0) is 37.7. The molecule has 0 aliphatic rings. The smallest absolute Gasteiger partial charge is 0.127 e. The van der Waals surface area contributed by atoms with Crippen molar-refractivity contribution in [2.75, 3.05) is 26.9 Å². The molecular weight excluding hydrogens is 639 g/mol. The summed E-state index contributed by atoms with van der Waals surface area (Å²) in [6.07, 6.45) is 54.7. The fourth-order valence-electron chi connectivity index (χ4n) is 7.47. The summed E-state index contributed by atoms with van der Waals surface area (Å²) in [5, 5.41) is 4.54. The highest BCUT2D eigenvalue weighted by molar-refractivity contribution is 5.81. The van der Waals surface area contributed by atoms with Crippen LogP contribution in [0.15, 0.2) is 5.16 Å². The van der Waals surface area contributed by atoms with Gasteiger partial charge in [-0.1, -0.05) is 237 Å². The van der Waals surface area contributed by atoms with Crippen LogP contribution in [0.3, 0.4) is 0 Å². The van der Waals surface area contributed by atoms with Gasteiger partial charge < -0.3 is 14.3 Å². The van der Waals surface area contributed by atoms with Crippen molar-refractivity contribution in [1.82, 2.24) is 0 Å². The van der Waals surface area contributed by atoms with E-state index in [1.807, 2.05) is 0 Å². The number of hydrogen-bond donors (Lipinski definition) is 0. The van der Waals surface area contributed by atoms with E-state index in [1.165, 1.54) is 231 Å². The molecule has 4 heteroatoms. The third-order valence-corrected chi connectivity index (χ3v) is 11.2. The van der Waals surface area contributed by atoms with Crippen LogP contribution in [0.25, 0.3) is 0 Å². The molecule has 0 spiro atoms. The summed E-state index contributed by atoms with van der Waals surface area (Å²) in [7, 11) is 1.71. The maximum atomic E-state index is 6.16. The Balaban J connectivity index is 3.93. The van der Waals surface area contributed by atoms with Crippen LogP contribution in [0.2, 0.25) is 0 Å². The first-order valence-corrected chi connectivity index (χ1v) is 24.0. The maximum absolute atomic E-state index is 6.16. The molecule has 312 valence electrons. The van der Waals surface area contributed by atoms with Gasteiger partial charge in [-0.05, 0) is 32.6 Å². The van der Waals surface area contributed by atoms with Crippen molar-refractivity contribution < 1.29 is 14.3 Å². The van der Waals surface area contributed by atoms with Crippen molar-refractivity contribution in [3.8, 4) is 0 Å². The molecule has 0 heterocycles. The highest BCUT2D eigenvalue weighted by atomic mass is 16.6. The molecule has 0 atom stereocenters. The van der Waals surface area contributed by atoms with E-state index >= 15 is 0 Å². The molecule has 0 saturated heterocycles. The van der Waals surface area contributed by atoms with Crippen LogP contribution in [-0.2, 0) is 14.3 Å². The summed E-state index contributed by atoms with van der Waals surface area (Å²) in [6, 6.07) is 0. The number of methoxy groups -OCH3 is 1. The van der Waals surface area contributed by atoms with Gasteiger partial charge >= 0.3 is 0 Å². The van der Waals surface area contributed by atoms with Crippen molar-refractivity contribution in [1.29, 1.82) is 0 Å². The Hall–Kier alpha value is -0.610. The minimum atomic E-state index is 0.270. The Bertz CT molecular complexity index is 628. The first-order chi connectivity index (χ1) is 25.7. The second kappa shape index (κ2) is 46.5. The quantitative estimate of drug-likeness (QED) is 0.0355. The van der Waals surface area contributed by atoms with Gasteiger partial charge in [0.2, 0.25) is 0 Å². The summed E-state index contributed by atoms with van der Waals surface area (Å²) in [6.45, 7) is 8.66. The molecule has 4 nitrogen and oxygen atoms in total. The first-order valence-electron chi connectivity index (χ1n) is 24.0. The summed E-state index contributed by atoms with van der Waals surface area (Å²) in [5.74, 6) is 0. The number of hydrogen-bond acceptors (Lipinski definition) is 4. The van der Waals surface area contributed by atoms with Gasteiger partial charge in [0.25, 0.3) is 0 Å². The molecule has 0 rings (SSSR count). The van der Waals surface area contributed by atoms with Crippen molar-refractivity contribution in [3.63, 3.8) is 0 Å². The van der Waals surface area contributed by atoms with Gasteiger partial charge in [-0.15, -0.1) is 0 Å². The number of unbranched alkanes of at least 4 members (excludes halogenated alkanes) is 34. The largest absolute Gasteiger partial charge is 0.393 e. The summed E-state index contributed by atoms with van der Waals surface area (Å²) < 4.78 is 10.7. The fourth-order valence-corrected chi connectivity index (χ4v) is 7.47. The molecule has 0 aliphatic carbocycles. The van der Waals surface area contributed by atoms with Crippen LogP contribution in [0.4, 0.5) is 0 Å². The lowest BCUT2D eigenvalue weighted by molar-refractivity contribution is 0.0413. The second-order valence-electron chi connectivity index (χ2n) is 16.5. The maximum Gasteiger partial charge on any atom is 0.127 e. The van der Waals surface area contributed by atoms with Crippen molar-refractivity contribution >= 4 is 5.71 Å². The van der Waals surface area contributed by atoms with Crippen LogP contribution < -0.4 is 0 Å². The van der Waals surface area contributed by atoms with Gasteiger partial charge in [-0.25, -0.2) is 0 Å². The molecule has 0 aromatic heterocycles. The molecule has 0 saturated carbocycles. The van der Waals surface area contributed by atoms with Crippen molar-refractivity contribution in [2.45, 2.75) is 277 Å². The van der Waals surface area contributed by atoms with E-state index in [0.717, 1.165) is 25.0 Å². The molecule has 52 heavy (non-hydrogen) atoms. The summed E-state index contributed by atoms with van der Waals surface area (Å²) in [4.78, 5) is 6.16. The van der Waals surface area contributed by atoms with Gasteiger partial charge in [-0.3, -0.25) is 0 Å². The number of rotatable bonds is 46. The monoisotopic (exact) mass is 736 g/mol. The van der Waals surface area contributed by atoms with Crippen LogP contribution in [0.1, 0.15) is 271 Å². The normalized spacial score (nSPS) is 12.1. The number of nitrogens with zero attached hydrogens (tertiary/aromatic N) is 1. The van der Waals surface area contributed by atoms with Gasteiger partial charge in [0, 0.05) is 13.5 Å². The Labute approximate surface area is 328 Å². The zero-order valence-electron chi connectivity index (χ0n) is 36.4. The summed E-state index contributed by atoms with van der Waals surface area (Å²) >= 11 is 0. The third kappa shape index (κ3) is 43.8. The van der Waals surface area contributed by atoms with Crippen molar-refractivity contribution in [3.05, 3.63) is 0 Å². The molecule has 0 fully saturated rings. The topological polar surface area (TPSA) is 40.0 Å². The average Bonchev–Trinajstić information content (AvgIpc) is 3.15. The molecule has 0 unspecified atom stereocenters. The molecule has 0 radical (unpaired) electrons. The molecule has 0 aromatic rings. The van der Waals surface area contributed by atoms with Gasteiger partial charge in [-0.2, -0.15) is 0 Å². The lowest BCUT2D eigenvalue weighted by atomic mass is 10.0. The van der Waals surface area contributed by atoms with Gasteiger partial charge in [0.05, 0.1) is 25.5 Å². The average molecular weight is 736 g/mol. The number of oxime groups is 1. The highest BCUT2D eigenvalue weighted by Gasteiger charge is 2.10. The van der Waals surface area contributed by atoms with E-state index in [-0.39, 0.29) is 6.10 Å². The van der Waals surface area contributed by atoms with Crippen LogP contribution >= 0.6 is 0 Å². The Morgan fingerprint density at radius 2 is 0.673 bits per heavy atom. The SMILES string of the molecule is CCCCCCCCCCCCCCCCCCCCC(CCCCCCCCCCCCCCCCCCCC)O/N=C(/C)CCOCCOC. The lowest BCUT2D eigenvalue weighted by Crippen LogP contribution is -2.12.